The van der Waals surface area contributed by atoms with E-state index < -0.39 is 63.1 Å². The molecule has 1 aliphatic rings. The van der Waals surface area contributed by atoms with Crippen molar-refractivity contribution < 1.29 is 58.3 Å². The number of aliphatic hydroxyl groups excluding tert-OH is 5. The molecule has 1 rings (SSSR count). The van der Waals surface area contributed by atoms with Crippen molar-refractivity contribution in [3.63, 3.8) is 0 Å². The molecule has 0 radical (unpaired) electrons. The molecular weight excluding hydrogens is 703 g/mol. The van der Waals surface area contributed by atoms with Crippen molar-refractivity contribution in [1.29, 1.82) is 0 Å². The molecule has 0 aliphatic heterocycles. The van der Waals surface area contributed by atoms with Gasteiger partial charge in [-0.15, -0.1) is 0 Å². The van der Waals surface area contributed by atoms with E-state index in [9.17, 15) is 39.8 Å². The fraction of sp³-hybridized carbons (Fsp3) is 0.875. The number of ether oxygens (including phenoxy) is 2. The van der Waals surface area contributed by atoms with Gasteiger partial charge in [0, 0.05) is 13.0 Å². The summed E-state index contributed by atoms with van der Waals surface area (Å²) in [5, 5.41) is 50.0. The zero-order valence-corrected chi connectivity index (χ0v) is 33.7. The van der Waals surface area contributed by atoms with E-state index in [0.29, 0.717) is 13.0 Å². The highest BCUT2D eigenvalue weighted by atomic mass is 31.2. The molecule has 0 bridgehead atoms. The van der Waals surface area contributed by atoms with Gasteiger partial charge in [-0.1, -0.05) is 141 Å². The van der Waals surface area contributed by atoms with E-state index in [-0.39, 0.29) is 13.0 Å². The second-order valence-corrected chi connectivity index (χ2v) is 15.9. The first kappa shape index (κ1) is 49.8. The molecule has 0 amide bonds. The molecule has 1 fully saturated rings. The highest BCUT2D eigenvalue weighted by molar-refractivity contribution is 7.47. The van der Waals surface area contributed by atoms with Gasteiger partial charge < -0.3 is 39.9 Å². The van der Waals surface area contributed by atoms with E-state index >= 15 is 0 Å². The first-order valence-electron chi connectivity index (χ1n) is 20.7. The minimum atomic E-state index is -5.01. The van der Waals surface area contributed by atoms with E-state index in [0.717, 1.165) is 64.2 Å². The lowest BCUT2D eigenvalue weighted by atomic mass is 9.85. The monoisotopic (exact) mass is 778 g/mol. The van der Waals surface area contributed by atoms with Gasteiger partial charge in [-0.3, -0.25) is 13.8 Å². The van der Waals surface area contributed by atoms with Gasteiger partial charge in [-0.25, -0.2) is 4.57 Å². The Labute approximate surface area is 320 Å². The van der Waals surface area contributed by atoms with Gasteiger partial charge in [0.05, 0.1) is 13.2 Å². The molecular formula is C40H75O12P. The first-order chi connectivity index (χ1) is 25.5. The third-order valence-corrected chi connectivity index (χ3v) is 10.6. The van der Waals surface area contributed by atoms with Crippen molar-refractivity contribution in [2.45, 2.75) is 204 Å². The normalized spacial score (nSPS) is 23.8. The summed E-state index contributed by atoms with van der Waals surface area (Å²) in [5.74, 6) is -0.483. The molecule has 1 saturated carbocycles. The van der Waals surface area contributed by atoms with Crippen molar-refractivity contribution in [3.05, 3.63) is 24.3 Å². The van der Waals surface area contributed by atoms with E-state index in [4.69, 9.17) is 18.5 Å². The summed E-state index contributed by atoms with van der Waals surface area (Å²) in [6.07, 6.45) is 21.1. The highest BCUT2D eigenvalue weighted by Crippen LogP contribution is 2.47. The number of hydrogen-bond acceptors (Lipinski definition) is 11. The van der Waals surface area contributed by atoms with Crippen molar-refractivity contribution >= 4 is 13.8 Å². The number of phosphoric acid groups is 1. The lowest BCUT2D eigenvalue weighted by Gasteiger charge is -2.41. The summed E-state index contributed by atoms with van der Waals surface area (Å²) in [6, 6.07) is 0. The molecule has 6 unspecified atom stereocenters. The van der Waals surface area contributed by atoms with E-state index in [1.165, 1.54) is 70.6 Å². The third-order valence-electron chi connectivity index (χ3n) is 9.58. The van der Waals surface area contributed by atoms with Crippen molar-refractivity contribution in [1.82, 2.24) is 0 Å². The number of esters is 1. The van der Waals surface area contributed by atoms with Crippen molar-refractivity contribution in [3.8, 4) is 0 Å². The van der Waals surface area contributed by atoms with Gasteiger partial charge in [-0.2, -0.15) is 0 Å². The highest BCUT2D eigenvalue weighted by Gasteiger charge is 2.51. The Hall–Kier alpha value is -1.18. The Morgan fingerprint density at radius 2 is 1.08 bits per heavy atom. The van der Waals surface area contributed by atoms with Crippen LogP contribution in [0.2, 0.25) is 0 Å². The number of carbonyl (C=O) groups is 1. The molecule has 13 heteroatoms. The maximum atomic E-state index is 12.8. The van der Waals surface area contributed by atoms with E-state index in [1.54, 1.807) is 0 Å². The maximum absolute atomic E-state index is 12.8. The van der Waals surface area contributed by atoms with Crippen molar-refractivity contribution in [2.24, 2.45) is 0 Å². The van der Waals surface area contributed by atoms with Crippen LogP contribution in [0.3, 0.4) is 0 Å². The van der Waals surface area contributed by atoms with Gasteiger partial charge in [-0.05, 0) is 38.5 Å². The molecule has 312 valence electrons. The van der Waals surface area contributed by atoms with Crippen LogP contribution in [-0.2, 0) is 27.9 Å². The van der Waals surface area contributed by atoms with Crippen LogP contribution in [0, 0.1) is 0 Å². The molecule has 6 atom stereocenters. The van der Waals surface area contributed by atoms with Crippen molar-refractivity contribution in [2.75, 3.05) is 19.8 Å². The molecule has 6 N–H and O–H groups in total. The molecule has 0 heterocycles. The number of phosphoric ester groups is 1. The van der Waals surface area contributed by atoms with Gasteiger partial charge in [0.1, 0.15) is 42.7 Å². The van der Waals surface area contributed by atoms with Crippen LogP contribution in [0.1, 0.15) is 162 Å². The summed E-state index contributed by atoms with van der Waals surface area (Å²) in [4.78, 5) is 23.0. The first-order valence-corrected chi connectivity index (χ1v) is 22.2. The van der Waals surface area contributed by atoms with Gasteiger partial charge >= 0.3 is 13.8 Å². The number of hydrogen-bond donors (Lipinski definition) is 6. The predicted molar refractivity (Wildman–Crippen MR) is 207 cm³/mol. The Balaban J connectivity index is 2.45. The van der Waals surface area contributed by atoms with Crippen LogP contribution in [0.25, 0.3) is 0 Å². The summed E-state index contributed by atoms with van der Waals surface area (Å²) in [5.41, 5.74) is 0. The maximum Gasteiger partial charge on any atom is 0.472 e. The molecule has 1 aliphatic carbocycles. The lowest BCUT2D eigenvalue weighted by Crippen LogP contribution is -2.64. The van der Waals surface area contributed by atoms with Crippen LogP contribution >= 0.6 is 7.82 Å². The predicted octanol–water partition coefficient (Wildman–Crippen LogP) is 7.36. The Morgan fingerprint density at radius 3 is 1.64 bits per heavy atom. The summed E-state index contributed by atoms with van der Waals surface area (Å²) in [7, 11) is -5.01. The number of carbonyl (C=O) groups excluding carboxylic acids is 1. The number of aliphatic hydroxyl groups is 5. The lowest BCUT2D eigenvalue weighted by molar-refractivity contribution is -0.220. The average molecular weight is 779 g/mol. The zero-order valence-electron chi connectivity index (χ0n) is 32.8. The molecule has 0 aromatic rings. The number of rotatable bonds is 34. The largest absolute Gasteiger partial charge is 0.472 e. The molecule has 0 spiro atoms. The second kappa shape index (κ2) is 32.0. The standard InChI is InChI=1S/C40H75O12P/c1-3-5-7-9-11-13-15-16-17-18-20-22-24-26-28-30-49-31-33(51-34(41)29-27-25-23-21-19-14-12-10-8-6-4-2)32-50-53(47,48)52-40-38(45)36(43)35(42)37(44)39(40)46/h9,11,15-16,33,35-40,42-46H,3-8,10,12-14,17-32H2,1-2H3,(H,47,48)/b11-9-,16-15-. The molecule has 53 heavy (non-hydrogen) atoms. The SMILES string of the molecule is CCCC/C=C\C/C=C\CCCCCCCCOCC(COP(=O)(O)OC1C(O)C(O)C(O)C(O)C1O)OC(=O)CCCCCCCCCCCCC. The van der Waals surface area contributed by atoms with Crippen LogP contribution in [0.4, 0.5) is 0 Å². The molecule has 0 aromatic heterocycles. The number of allylic oxidation sites excluding steroid dienone is 4. The molecule has 0 saturated heterocycles. The summed E-state index contributed by atoms with van der Waals surface area (Å²) >= 11 is 0. The zero-order chi connectivity index (χ0) is 39.2. The fourth-order valence-electron chi connectivity index (χ4n) is 6.19. The Bertz CT molecular complexity index is 979. The number of unbranched alkanes of at least 4 members (excludes halogenated alkanes) is 18. The van der Waals surface area contributed by atoms with E-state index in [1.807, 2.05) is 0 Å². The van der Waals surface area contributed by atoms with Crippen LogP contribution in [0.5, 0.6) is 0 Å². The minimum Gasteiger partial charge on any atom is -0.457 e. The van der Waals surface area contributed by atoms with Gasteiger partial charge in [0.25, 0.3) is 0 Å². The summed E-state index contributed by atoms with van der Waals surface area (Å²) < 4.78 is 34.0. The second-order valence-electron chi connectivity index (χ2n) is 14.5. The van der Waals surface area contributed by atoms with E-state index in [2.05, 4.69) is 38.2 Å². The smallest absolute Gasteiger partial charge is 0.457 e. The molecule has 12 nitrogen and oxygen atoms in total. The topological polar surface area (TPSA) is 192 Å². The van der Waals surface area contributed by atoms with Crippen LogP contribution < -0.4 is 0 Å². The third kappa shape index (κ3) is 24.8. The van der Waals surface area contributed by atoms with Crippen LogP contribution in [0.15, 0.2) is 24.3 Å². The minimum absolute atomic E-state index is 0.0809. The van der Waals surface area contributed by atoms with Gasteiger partial charge in [0.2, 0.25) is 0 Å². The van der Waals surface area contributed by atoms with Gasteiger partial charge in [0.15, 0.2) is 0 Å². The van der Waals surface area contributed by atoms with Crippen LogP contribution in [-0.4, -0.2) is 98.9 Å². The summed E-state index contributed by atoms with van der Waals surface area (Å²) in [6.45, 7) is 4.17. The fourth-order valence-corrected chi connectivity index (χ4v) is 7.17. The Kier molecular flexibility index (Phi) is 30.1. The molecule has 0 aromatic carbocycles. The Morgan fingerprint density at radius 1 is 0.604 bits per heavy atom. The average Bonchev–Trinajstić information content (AvgIpc) is 3.14. The quantitative estimate of drug-likeness (QED) is 0.0165.